The first kappa shape index (κ1) is 12.7. The number of aryl methyl sites for hydroxylation is 1. The third kappa shape index (κ3) is 2.41. The molecular formula is C12H13ClN2O3. The highest BCUT2D eigenvalue weighted by Gasteiger charge is 2.32. The Kier molecular flexibility index (Phi) is 3.43. The number of carbonyl (C=O) groups is 2. The quantitative estimate of drug-likeness (QED) is 0.841. The maximum atomic E-state index is 11.4. The van der Waals surface area contributed by atoms with Gasteiger partial charge in [-0.25, -0.2) is 4.79 Å². The minimum absolute atomic E-state index is 0.0242. The van der Waals surface area contributed by atoms with Gasteiger partial charge < -0.3 is 15.3 Å². The van der Waals surface area contributed by atoms with Crippen LogP contribution in [0.4, 0.5) is 5.69 Å². The van der Waals surface area contributed by atoms with Crippen LogP contribution in [0, 0.1) is 6.92 Å². The molecule has 2 N–H and O–H groups in total. The molecule has 96 valence electrons. The molecule has 5 nitrogen and oxygen atoms in total. The molecular weight excluding hydrogens is 256 g/mol. The number of hydrogen-bond acceptors (Lipinski definition) is 3. The molecule has 1 fully saturated rings. The lowest BCUT2D eigenvalue weighted by Gasteiger charge is -2.34. The molecule has 1 unspecified atom stereocenters. The van der Waals surface area contributed by atoms with Crippen molar-refractivity contribution in [3.8, 4) is 0 Å². The number of amides is 1. The van der Waals surface area contributed by atoms with E-state index in [1.807, 2.05) is 13.0 Å². The van der Waals surface area contributed by atoms with E-state index in [9.17, 15) is 9.59 Å². The molecule has 0 aromatic heterocycles. The summed E-state index contributed by atoms with van der Waals surface area (Å²) >= 11 is 6.02. The lowest BCUT2D eigenvalue weighted by Crippen LogP contribution is -2.57. The number of piperazine rings is 1. The van der Waals surface area contributed by atoms with E-state index in [0.29, 0.717) is 10.7 Å². The van der Waals surface area contributed by atoms with E-state index in [0.717, 1.165) is 5.56 Å². The van der Waals surface area contributed by atoms with Gasteiger partial charge in [0.2, 0.25) is 5.91 Å². The van der Waals surface area contributed by atoms with Crippen LogP contribution in [0.2, 0.25) is 5.02 Å². The summed E-state index contributed by atoms with van der Waals surface area (Å²) in [6.45, 7) is 1.99. The minimum atomic E-state index is -0.966. The molecule has 2 rings (SSSR count). The van der Waals surface area contributed by atoms with Gasteiger partial charge in [-0.15, -0.1) is 0 Å². The standard InChI is InChI=1S/C12H13ClN2O3/c1-7-2-3-8(4-9(7)13)15-6-11(16)14-5-10(15)12(17)18/h2-4,10H,5-6H2,1H3,(H,14,16)(H,17,18). The zero-order valence-electron chi connectivity index (χ0n) is 9.81. The van der Waals surface area contributed by atoms with Crippen LogP contribution in [-0.2, 0) is 9.59 Å². The summed E-state index contributed by atoms with van der Waals surface area (Å²) in [5.74, 6) is -1.16. The van der Waals surface area contributed by atoms with E-state index in [4.69, 9.17) is 16.7 Å². The number of halogens is 1. The molecule has 0 radical (unpaired) electrons. The Labute approximate surface area is 109 Å². The van der Waals surface area contributed by atoms with Crippen molar-refractivity contribution in [2.24, 2.45) is 0 Å². The summed E-state index contributed by atoms with van der Waals surface area (Å²) in [6, 6.07) is 4.51. The first-order valence-corrected chi connectivity index (χ1v) is 5.89. The van der Waals surface area contributed by atoms with Crippen molar-refractivity contribution in [3.63, 3.8) is 0 Å². The van der Waals surface area contributed by atoms with Gasteiger partial charge in [0.05, 0.1) is 6.54 Å². The lowest BCUT2D eigenvalue weighted by atomic mass is 10.1. The molecule has 1 aliphatic heterocycles. The maximum absolute atomic E-state index is 11.4. The van der Waals surface area contributed by atoms with Crippen LogP contribution in [0.3, 0.4) is 0 Å². The molecule has 0 bridgehead atoms. The highest BCUT2D eigenvalue weighted by Crippen LogP contribution is 2.25. The molecule has 6 heteroatoms. The Morgan fingerprint density at radius 3 is 2.89 bits per heavy atom. The van der Waals surface area contributed by atoms with Gasteiger partial charge in [0, 0.05) is 17.3 Å². The highest BCUT2D eigenvalue weighted by atomic mass is 35.5. The number of carboxylic acids is 1. The average Bonchev–Trinajstić information content (AvgIpc) is 2.32. The monoisotopic (exact) mass is 268 g/mol. The molecule has 1 amide bonds. The maximum Gasteiger partial charge on any atom is 0.328 e. The smallest absolute Gasteiger partial charge is 0.328 e. The Bertz CT molecular complexity index is 504. The fourth-order valence-corrected chi connectivity index (χ4v) is 2.07. The molecule has 18 heavy (non-hydrogen) atoms. The number of benzene rings is 1. The van der Waals surface area contributed by atoms with Crippen molar-refractivity contribution in [2.45, 2.75) is 13.0 Å². The predicted octanol–water partition coefficient (Wildman–Crippen LogP) is 1.04. The van der Waals surface area contributed by atoms with Gasteiger partial charge in [-0.2, -0.15) is 0 Å². The number of nitrogens with one attached hydrogen (secondary N) is 1. The Morgan fingerprint density at radius 2 is 2.28 bits per heavy atom. The summed E-state index contributed by atoms with van der Waals surface area (Å²) in [5, 5.41) is 12.3. The molecule has 0 aliphatic carbocycles. The minimum Gasteiger partial charge on any atom is -0.480 e. The fourth-order valence-electron chi connectivity index (χ4n) is 1.89. The molecule has 0 saturated carbocycles. The van der Waals surface area contributed by atoms with Crippen molar-refractivity contribution in [1.82, 2.24) is 5.32 Å². The largest absolute Gasteiger partial charge is 0.480 e. The fraction of sp³-hybridized carbons (Fsp3) is 0.333. The van der Waals surface area contributed by atoms with Crippen molar-refractivity contribution < 1.29 is 14.7 Å². The van der Waals surface area contributed by atoms with Gasteiger partial charge in [0.1, 0.15) is 6.04 Å². The van der Waals surface area contributed by atoms with Gasteiger partial charge >= 0.3 is 5.97 Å². The number of nitrogens with zero attached hydrogens (tertiary/aromatic N) is 1. The van der Waals surface area contributed by atoms with Gasteiger partial charge in [0.25, 0.3) is 0 Å². The van der Waals surface area contributed by atoms with Crippen LogP contribution < -0.4 is 10.2 Å². The van der Waals surface area contributed by atoms with Gasteiger partial charge in [0.15, 0.2) is 0 Å². The second-order valence-electron chi connectivity index (χ2n) is 4.22. The number of carbonyl (C=O) groups excluding carboxylic acids is 1. The Morgan fingerprint density at radius 1 is 1.56 bits per heavy atom. The summed E-state index contributed by atoms with van der Waals surface area (Å²) in [7, 11) is 0. The van der Waals surface area contributed by atoms with E-state index >= 15 is 0 Å². The lowest BCUT2D eigenvalue weighted by molar-refractivity contribution is -0.139. The van der Waals surface area contributed by atoms with E-state index in [2.05, 4.69) is 5.32 Å². The molecule has 1 saturated heterocycles. The molecule has 1 atom stereocenters. The van der Waals surface area contributed by atoms with Crippen LogP contribution in [0.25, 0.3) is 0 Å². The summed E-state index contributed by atoms with van der Waals surface area (Å²) in [6.07, 6.45) is 0. The van der Waals surface area contributed by atoms with Crippen molar-refractivity contribution in [2.75, 3.05) is 18.0 Å². The van der Waals surface area contributed by atoms with E-state index in [-0.39, 0.29) is 19.0 Å². The van der Waals surface area contributed by atoms with Crippen LogP contribution in [0.5, 0.6) is 0 Å². The van der Waals surface area contributed by atoms with Crippen LogP contribution in [-0.4, -0.2) is 36.1 Å². The van der Waals surface area contributed by atoms with Crippen LogP contribution in [0.15, 0.2) is 18.2 Å². The molecule has 1 aliphatic rings. The molecule has 1 heterocycles. The first-order chi connectivity index (χ1) is 8.49. The second kappa shape index (κ2) is 4.86. The summed E-state index contributed by atoms with van der Waals surface area (Å²) in [4.78, 5) is 24.1. The zero-order valence-corrected chi connectivity index (χ0v) is 10.6. The topological polar surface area (TPSA) is 69.6 Å². The average molecular weight is 269 g/mol. The normalized spacial score (nSPS) is 19.6. The molecule has 1 aromatic rings. The number of aliphatic carboxylic acids is 1. The summed E-state index contributed by atoms with van der Waals surface area (Å²) < 4.78 is 0. The number of carboxylic acid groups (broad SMARTS) is 1. The predicted molar refractivity (Wildman–Crippen MR) is 68.0 cm³/mol. The van der Waals surface area contributed by atoms with Crippen molar-refractivity contribution in [3.05, 3.63) is 28.8 Å². The molecule has 1 aromatic carbocycles. The Balaban J connectivity index is 2.34. The highest BCUT2D eigenvalue weighted by molar-refractivity contribution is 6.31. The first-order valence-electron chi connectivity index (χ1n) is 5.51. The van der Waals surface area contributed by atoms with Gasteiger partial charge in [-0.05, 0) is 24.6 Å². The van der Waals surface area contributed by atoms with Crippen molar-refractivity contribution in [1.29, 1.82) is 0 Å². The third-order valence-electron chi connectivity index (χ3n) is 2.95. The van der Waals surface area contributed by atoms with Crippen molar-refractivity contribution >= 4 is 29.2 Å². The van der Waals surface area contributed by atoms with E-state index < -0.39 is 12.0 Å². The third-order valence-corrected chi connectivity index (χ3v) is 3.36. The SMILES string of the molecule is Cc1ccc(N2CC(=O)NCC2C(=O)O)cc1Cl. The van der Waals surface area contributed by atoms with Gasteiger partial charge in [-0.3, -0.25) is 4.79 Å². The van der Waals surface area contributed by atoms with E-state index in [1.54, 1.807) is 17.0 Å². The number of hydrogen-bond donors (Lipinski definition) is 2. The number of rotatable bonds is 2. The molecule has 0 spiro atoms. The van der Waals surface area contributed by atoms with E-state index in [1.165, 1.54) is 0 Å². The summed E-state index contributed by atoms with van der Waals surface area (Å²) in [5.41, 5.74) is 1.56. The zero-order chi connectivity index (χ0) is 13.3. The second-order valence-corrected chi connectivity index (χ2v) is 4.63. The Hall–Kier alpha value is -1.75. The van der Waals surface area contributed by atoms with Crippen LogP contribution >= 0.6 is 11.6 Å². The van der Waals surface area contributed by atoms with Gasteiger partial charge in [-0.1, -0.05) is 17.7 Å². The van der Waals surface area contributed by atoms with Crippen LogP contribution in [0.1, 0.15) is 5.56 Å². The number of anilines is 1.